The maximum atomic E-state index is 12.8. The Morgan fingerprint density at radius 2 is 1.86 bits per heavy atom. The minimum absolute atomic E-state index is 0.112. The molecule has 0 aliphatic carbocycles. The summed E-state index contributed by atoms with van der Waals surface area (Å²) in [5.74, 6) is 0.417. The summed E-state index contributed by atoms with van der Waals surface area (Å²) in [7, 11) is 1.45. The molecule has 29 heavy (non-hydrogen) atoms. The number of nitrogens with one attached hydrogen (secondary N) is 1. The smallest absolute Gasteiger partial charge is 0.273 e. The van der Waals surface area contributed by atoms with Crippen LogP contribution in [0.25, 0.3) is 0 Å². The van der Waals surface area contributed by atoms with Crippen LogP contribution in [0.15, 0.2) is 48.5 Å². The molecule has 1 saturated heterocycles. The summed E-state index contributed by atoms with van der Waals surface area (Å²) in [6.07, 6.45) is -0.762. The summed E-state index contributed by atoms with van der Waals surface area (Å²) in [4.78, 5) is 26.5. The number of hydrogen-bond acceptors (Lipinski definition) is 5. The average molecular weight is 400 g/mol. The van der Waals surface area contributed by atoms with Crippen LogP contribution < -0.4 is 14.4 Å². The Morgan fingerprint density at radius 1 is 1.17 bits per heavy atom. The SMILES string of the molecule is COc1ccc([N+](=O)[O-])cc1O[C@H](C)C(=O)N1CC[NH+](Cc2ccccc2)CC1. The summed E-state index contributed by atoms with van der Waals surface area (Å²) >= 11 is 0. The van der Waals surface area contributed by atoms with Gasteiger partial charge >= 0.3 is 0 Å². The first-order chi connectivity index (χ1) is 14.0. The zero-order valence-electron chi connectivity index (χ0n) is 16.7. The van der Waals surface area contributed by atoms with Gasteiger partial charge in [-0.1, -0.05) is 30.3 Å². The van der Waals surface area contributed by atoms with Gasteiger partial charge < -0.3 is 19.3 Å². The fourth-order valence-corrected chi connectivity index (χ4v) is 3.47. The summed E-state index contributed by atoms with van der Waals surface area (Å²) in [5, 5.41) is 11.0. The lowest BCUT2D eigenvalue weighted by molar-refractivity contribution is -0.917. The van der Waals surface area contributed by atoms with Crippen LogP contribution in [-0.2, 0) is 11.3 Å². The third kappa shape index (κ3) is 5.23. The maximum absolute atomic E-state index is 12.8. The topological polar surface area (TPSA) is 86.4 Å². The van der Waals surface area contributed by atoms with Crippen LogP contribution in [0.2, 0.25) is 0 Å². The molecule has 2 aromatic rings. The Morgan fingerprint density at radius 3 is 2.48 bits per heavy atom. The van der Waals surface area contributed by atoms with Gasteiger partial charge in [-0.25, -0.2) is 0 Å². The number of amides is 1. The molecular formula is C21H26N3O5+. The Kier molecular flexibility index (Phi) is 6.66. The Balaban J connectivity index is 1.57. The number of quaternary nitrogens is 1. The third-order valence-corrected chi connectivity index (χ3v) is 5.09. The van der Waals surface area contributed by atoms with Crippen molar-refractivity contribution in [3.05, 3.63) is 64.2 Å². The molecule has 2 aromatic carbocycles. The Bertz CT molecular complexity index is 851. The molecule has 0 aromatic heterocycles. The van der Waals surface area contributed by atoms with E-state index in [1.807, 2.05) is 18.2 Å². The van der Waals surface area contributed by atoms with Crippen molar-refractivity contribution in [3.8, 4) is 11.5 Å². The van der Waals surface area contributed by atoms with Crippen LogP contribution in [0.1, 0.15) is 12.5 Å². The number of methoxy groups -OCH3 is 1. The summed E-state index contributed by atoms with van der Waals surface area (Å²) in [5.41, 5.74) is 1.18. The van der Waals surface area contributed by atoms with Gasteiger partial charge in [-0.05, 0) is 13.0 Å². The van der Waals surface area contributed by atoms with Crippen LogP contribution in [-0.4, -0.2) is 55.1 Å². The number of nitro groups is 1. The highest BCUT2D eigenvalue weighted by Crippen LogP contribution is 2.32. The molecule has 1 fully saturated rings. The van der Waals surface area contributed by atoms with E-state index >= 15 is 0 Å². The minimum Gasteiger partial charge on any atom is -0.493 e. The lowest BCUT2D eigenvalue weighted by Crippen LogP contribution is -3.13. The molecule has 3 rings (SSSR count). The highest BCUT2D eigenvalue weighted by Gasteiger charge is 2.28. The van der Waals surface area contributed by atoms with Crippen molar-refractivity contribution in [3.63, 3.8) is 0 Å². The van der Waals surface area contributed by atoms with Crippen molar-refractivity contribution in [1.82, 2.24) is 4.90 Å². The number of benzene rings is 2. The predicted octanol–water partition coefficient (Wildman–Crippen LogP) is 1.30. The Labute approximate surface area is 169 Å². The molecule has 1 atom stereocenters. The van der Waals surface area contributed by atoms with E-state index in [0.717, 1.165) is 19.6 Å². The molecular weight excluding hydrogens is 374 g/mol. The van der Waals surface area contributed by atoms with Crippen molar-refractivity contribution in [2.45, 2.75) is 19.6 Å². The highest BCUT2D eigenvalue weighted by molar-refractivity contribution is 5.81. The van der Waals surface area contributed by atoms with Crippen molar-refractivity contribution in [2.24, 2.45) is 0 Å². The molecule has 0 radical (unpaired) electrons. The number of rotatable bonds is 7. The number of nitro benzene ring substituents is 1. The van der Waals surface area contributed by atoms with E-state index < -0.39 is 11.0 Å². The second-order valence-corrected chi connectivity index (χ2v) is 7.09. The van der Waals surface area contributed by atoms with Crippen molar-refractivity contribution >= 4 is 11.6 Å². The Hall–Kier alpha value is -3.13. The molecule has 1 N–H and O–H groups in total. The molecule has 0 saturated carbocycles. The lowest BCUT2D eigenvalue weighted by atomic mass is 10.2. The van der Waals surface area contributed by atoms with Crippen LogP contribution >= 0.6 is 0 Å². The number of nitrogens with zero attached hydrogens (tertiary/aromatic N) is 2. The third-order valence-electron chi connectivity index (χ3n) is 5.09. The van der Waals surface area contributed by atoms with Crippen LogP contribution in [0.5, 0.6) is 11.5 Å². The van der Waals surface area contributed by atoms with Gasteiger partial charge in [0.2, 0.25) is 0 Å². The first-order valence-electron chi connectivity index (χ1n) is 9.63. The normalized spacial score (nSPS) is 15.6. The summed E-state index contributed by atoms with van der Waals surface area (Å²) in [6, 6.07) is 14.4. The summed E-state index contributed by atoms with van der Waals surface area (Å²) in [6.45, 7) is 5.64. The zero-order chi connectivity index (χ0) is 20.8. The quantitative estimate of drug-likeness (QED) is 0.559. The zero-order valence-corrected chi connectivity index (χ0v) is 16.7. The molecule has 154 valence electrons. The van der Waals surface area contributed by atoms with E-state index in [9.17, 15) is 14.9 Å². The van der Waals surface area contributed by atoms with E-state index in [0.29, 0.717) is 18.8 Å². The van der Waals surface area contributed by atoms with E-state index in [1.54, 1.807) is 11.8 Å². The lowest BCUT2D eigenvalue weighted by Gasteiger charge is -2.33. The largest absolute Gasteiger partial charge is 0.493 e. The minimum atomic E-state index is -0.762. The molecule has 0 unspecified atom stereocenters. The standard InChI is InChI=1S/C21H25N3O5/c1-16(29-20-14-18(24(26)27)8-9-19(20)28-2)21(25)23-12-10-22(11-13-23)15-17-6-4-3-5-7-17/h3-9,14,16H,10-13,15H2,1-2H3/p+1/t16-/m1/s1. The van der Waals surface area contributed by atoms with Crippen LogP contribution in [0.3, 0.4) is 0 Å². The number of piperazine rings is 1. The number of carbonyl (C=O) groups is 1. The highest BCUT2D eigenvalue weighted by atomic mass is 16.6. The monoisotopic (exact) mass is 400 g/mol. The van der Waals surface area contributed by atoms with Gasteiger partial charge in [-0.2, -0.15) is 0 Å². The molecule has 1 heterocycles. The summed E-state index contributed by atoms with van der Waals surface area (Å²) < 4.78 is 10.9. The second kappa shape index (κ2) is 9.38. The van der Waals surface area contributed by atoms with Crippen LogP contribution in [0.4, 0.5) is 5.69 Å². The van der Waals surface area contributed by atoms with Gasteiger partial charge in [0.05, 0.1) is 44.3 Å². The molecule has 8 nitrogen and oxygen atoms in total. The number of carbonyl (C=O) groups excluding carboxylic acids is 1. The van der Waals surface area contributed by atoms with Gasteiger partial charge in [-0.15, -0.1) is 0 Å². The molecule has 0 bridgehead atoms. The molecule has 1 aliphatic rings. The van der Waals surface area contributed by atoms with Crippen LogP contribution in [0, 0.1) is 10.1 Å². The maximum Gasteiger partial charge on any atom is 0.273 e. The van der Waals surface area contributed by atoms with Gasteiger partial charge in [0.1, 0.15) is 6.54 Å². The average Bonchev–Trinajstić information content (AvgIpc) is 2.74. The number of ether oxygens (including phenoxy) is 2. The van der Waals surface area contributed by atoms with E-state index in [1.165, 1.54) is 35.8 Å². The van der Waals surface area contributed by atoms with Gasteiger partial charge in [0, 0.05) is 11.6 Å². The number of non-ortho nitro benzene ring substituents is 1. The molecule has 1 aliphatic heterocycles. The first-order valence-corrected chi connectivity index (χ1v) is 9.63. The predicted molar refractivity (Wildman–Crippen MR) is 107 cm³/mol. The molecule has 0 spiro atoms. The van der Waals surface area contributed by atoms with E-state index in [4.69, 9.17) is 9.47 Å². The van der Waals surface area contributed by atoms with E-state index in [-0.39, 0.29) is 17.3 Å². The van der Waals surface area contributed by atoms with Crippen molar-refractivity contribution < 1.29 is 24.1 Å². The molecule has 1 amide bonds. The fourth-order valence-electron chi connectivity index (χ4n) is 3.47. The van der Waals surface area contributed by atoms with Gasteiger partial charge in [0.25, 0.3) is 11.6 Å². The van der Waals surface area contributed by atoms with Crippen molar-refractivity contribution in [2.75, 3.05) is 33.3 Å². The molecule has 8 heteroatoms. The number of hydrogen-bond donors (Lipinski definition) is 1. The van der Waals surface area contributed by atoms with Gasteiger partial charge in [-0.3, -0.25) is 14.9 Å². The second-order valence-electron chi connectivity index (χ2n) is 7.09. The first kappa shape index (κ1) is 20.6. The fraction of sp³-hybridized carbons (Fsp3) is 0.381. The van der Waals surface area contributed by atoms with E-state index in [2.05, 4.69) is 12.1 Å². The van der Waals surface area contributed by atoms with Crippen molar-refractivity contribution in [1.29, 1.82) is 0 Å². The van der Waals surface area contributed by atoms with Gasteiger partial charge in [0.15, 0.2) is 17.6 Å².